The molecule has 1 heterocycles. The largest absolute Gasteiger partial charge is 0.396 e. The molecular formula is C12H22N4O. The van der Waals surface area contributed by atoms with Gasteiger partial charge in [0.15, 0.2) is 5.82 Å². The van der Waals surface area contributed by atoms with E-state index in [9.17, 15) is 5.11 Å². The van der Waals surface area contributed by atoms with E-state index in [1.807, 2.05) is 7.05 Å². The summed E-state index contributed by atoms with van der Waals surface area (Å²) in [5.41, 5.74) is 6.51. The summed E-state index contributed by atoms with van der Waals surface area (Å²) in [6, 6.07) is 0. The summed E-state index contributed by atoms with van der Waals surface area (Å²) in [7, 11) is 1.86. The molecule has 0 saturated heterocycles. The molecule has 1 aliphatic carbocycles. The first-order valence-corrected chi connectivity index (χ1v) is 6.34. The number of nitrogens with zero attached hydrogens (tertiary/aromatic N) is 2. The predicted molar refractivity (Wildman–Crippen MR) is 68.6 cm³/mol. The molecule has 0 aromatic carbocycles. The fraction of sp³-hybridized carbons (Fsp3) is 0.750. The maximum Gasteiger partial charge on any atom is 0.171 e. The Morgan fingerprint density at radius 2 is 2.18 bits per heavy atom. The van der Waals surface area contributed by atoms with Gasteiger partial charge in [0.2, 0.25) is 0 Å². The molecule has 0 amide bonds. The van der Waals surface area contributed by atoms with E-state index >= 15 is 0 Å². The third-order valence-electron chi connectivity index (χ3n) is 3.69. The van der Waals surface area contributed by atoms with Crippen molar-refractivity contribution in [2.45, 2.75) is 25.7 Å². The summed E-state index contributed by atoms with van der Waals surface area (Å²) in [6.07, 6.45) is 6.63. The van der Waals surface area contributed by atoms with Crippen LogP contribution in [0, 0.1) is 11.8 Å². The van der Waals surface area contributed by atoms with Crippen LogP contribution in [0.4, 0.5) is 11.5 Å². The second-order valence-electron chi connectivity index (χ2n) is 4.97. The van der Waals surface area contributed by atoms with Crippen LogP contribution in [-0.2, 0) is 7.05 Å². The van der Waals surface area contributed by atoms with Gasteiger partial charge >= 0.3 is 0 Å². The van der Waals surface area contributed by atoms with E-state index in [0.29, 0.717) is 24.1 Å². The van der Waals surface area contributed by atoms with Gasteiger partial charge in [0.25, 0.3) is 0 Å². The van der Waals surface area contributed by atoms with Crippen LogP contribution in [0.25, 0.3) is 0 Å². The van der Waals surface area contributed by atoms with Crippen LogP contribution in [0.5, 0.6) is 0 Å². The Kier molecular flexibility index (Phi) is 3.89. The highest BCUT2D eigenvalue weighted by atomic mass is 16.3. The minimum atomic E-state index is 0.296. The summed E-state index contributed by atoms with van der Waals surface area (Å²) < 4.78 is 1.71. The number of nitrogen functional groups attached to an aromatic ring is 1. The lowest BCUT2D eigenvalue weighted by Gasteiger charge is -2.30. The first kappa shape index (κ1) is 12.2. The molecule has 2 unspecified atom stereocenters. The minimum Gasteiger partial charge on any atom is -0.396 e. The third-order valence-corrected chi connectivity index (χ3v) is 3.69. The molecule has 5 nitrogen and oxygen atoms in total. The molecule has 1 aromatic rings. The number of aryl methyl sites for hydroxylation is 1. The average Bonchev–Trinajstić information content (AvgIpc) is 2.65. The lowest BCUT2D eigenvalue weighted by atomic mass is 9.79. The fourth-order valence-corrected chi connectivity index (χ4v) is 2.67. The first-order valence-electron chi connectivity index (χ1n) is 6.34. The summed E-state index contributed by atoms with van der Waals surface area (Å²) in [5.74, 6) is 1.73. The van der Waals surface area contributed by atoms with E-state index in [1.54, 1.807) is 10.9 Å². The molecule has 1 aliphatic rings. The molecule has 0 bridgehead atoms. The third kappa shape index (κ3) is 2.91. The zero-order valence-corrected chi connectivity index (χ0v) is 10.4. The zero-order valence-electron chi connectivity index (χ0n) is 10.4. The number of aliphatic hydroxyl groups excluding tert-OH is 1. The highest BCUT2D eigenvalue weighted by molar-refractivity contribution is 5.59. The van der Waals surface area contributed by atoms with Crippen molar-refractivity contribution in [3.8, 4) is 0 Å². The highest BCUT2D eigenvalue weighted by Crippen LogP contribution is 2.30. The van der Waals surface area contributed by atoms with Crippen molar-refractivity contribution >= 4 is 11.5 Å². The minimum absolute atomic E-state index is 0.296. The van der Waals surface area contributed by atoms with E-state index < -0.39 is 0 Å². The summed E-state index contributed by atoms with van der Waals surface area (Å²) in [4.78, 5) is 0. The number of aromatic nitrogens is 2. The molecule has 2 rings (SSSR count). The zero-order chi connectivity index (χ0) is 12.3. The van der Waals surface area contributed by atoms with Gasteiger partial charge in [-0.3, -0.25) is 4.68 Å². The fourth-order valence-electron chi connectivity index (χ4n) is 2.67. The van der Waals surface area contributed by atoms with Gasteiger partial charge in [-0.05, 0) is 24.7 Å². The van der Waals surface area contributed by atoms with Crippen LogP contribution < -0.4 is 11.1 Å². The van der Waals surface area contributed by atoms with Crippen molar-refractivity contribution in [1.29, 1.82) is 0 Å². The van der Waals surface area contributed by atoms with E-state index in [-0.39, 0.29) is 0 Å². The van der Waals surface area contributed by atoms with Crippen molar-refractivity contribution < 1.29 is 5.11 Å². The lowest BCUT2D eigenvalue weighted by molar-refractivity contribution is 0.141. The van der Waals surface area contributed by atoms with Crippen LogP contribution in [0.2, 0.25) is 0 Å². The monoisotopic (exact) mass is 238 g/mol. The molecule has 2 atom stereocenters. The predicted octanol–water partition coefficient (Wildman–Crippen LogP) is 1.21. The first-order chi connectivity index (χ1) is 8.20. The summed E-state index contributed by atoms with van der Waals surface area (Å²) >= 11 is 0. The molecule has 17 heavy (non-hydrogen) atoms. The number of hydrogen-bond donors (Lipinski definition) is 3. The van der Waals surface area contributed by atoms with E-state index in [0.717, 1.165) is 18.8 Å². The Morgan fingerprint density at radius 3 is 2.76 bits per heavy atom. The molecule has 1 aromatic heterocycles. The van der Waals surface area contributed by atoms with E-state index in [2.05, 4.69) is 10.4 Å². The van der Waals surface area contributed by atoms with Crippen LogP contribution in [-0.4, -0.2) is 28.0 Å². The van der Waals surface area contributed by atoms with Crippen molar-refractivity contribution in [2.75, 3.05) is 24.2 Å². The maximum absolute atomic E-state index is 9.35. The topological polar surface area (TPSA) is 76.1 Å². The van der Waals surface area contributed by atoms with Crippen molar-refractivity contribution in [3.05, 3.63) is 6.20 Å². The number of anilines is 2. The molecule has 5 heteroatoms. The number of hydrogen-bond acceptors (Lipinski definition) is 4. The molecule has 96 valence electrons. The molecule has 1 saturated carbocycles. The van der Waals surface area contributed by atoms with Gasteiger partial charge < -0.3 is 16.2 Å². The maximum atomic E-state index is 9.35. The highest BCUT2D eigenvalue weighted by Gasteiger charge is 2.24. The summed E-state index contributed by atoms with van der Waals surface area (Å²) in [6.45, 7) is 1.15. The second-order valence-corrected chi connectivity index (χ2v) is 4.97. The Labute approximate surface area is 102 Å². The quantitative estimate of drug-likeness (QED) is 0.737. The van der Waals surface area contributed by atoms with Gasteiger partial charge in [-0.15, -0.1) is 0 Å². The number of rotatable bonds is 4. The van der Waals surface area contributed by atoms with E-state index in [1.165, 1.54) is 19.3 Å². The second kappa shape index (κ2) is 5.40. The van der Waals surface area contributed by atoms with Gasteiger partial charge in [0, 0.05) is 26.4 Å². The number of nitrogens with two attached hydrogens (primary N) is 1. The number of aliphatic hydroxyl groups is 1. The van der Waals surface area contributed by atoms with Crippen LogP contribution >= 0.6 is 0 Å². The number of nitrogens with one attached hydrogen (secondary N) is 1. The van der Waals surface area contributed by atoms with Crippen LogP contribution in [0.1, 0.15) is 25.7 Å². The Hall–Kier alpha value is -1.23. The Bertz CT molecular complexity index is 363. The van der Waals surface area contributed by atoms with Crippen molar-refractivity contribution in [2.24, 2.45) is 18.9 Å². The van der Waals surface area contributed by atoms with Gasteiger partial charge in [0.1, 0.15) is 0 Å². The molecular weight excluding hydrogens is 216 g/mol. The average molecular weight is 238 g/mol. The molecule has 1 fully saturated rings. The van der Waals surface area contributed by atoms with Gasteiger partial charge in [-0.25, -0.2) is 0 Å². The van der Waals surface area contributed by atoms with Crippen molar-refractivity contribution in [3.63, 3.8) is 0 Å². The van der Waals surface area contributed by atoms with Crippen LogP contribution in [0.15, 0.2) is 6.20 Å². The van der Waals surface area contributed by atoms with Gasteiger partial charge in [-0.1, -0.05) is 12.8 Å². The smallest absolute Gasteiger partial charge is 0.171 e. The van der Waals surface area contributed by atoms with Gasteiger partial charge in [0.05, 0.1) is 5.69 Å². The Balaban J connectivity index is 1.90. The molecule has 0 spiro atoms. The van der Waals surface area contributed by atoms with E-state index in [4.69, 9.17) is 5.73 Å². The van der Waals surface area contributed by atoms with Crippen LogP contribution in [0.3, 0.4) is 0 Å². The summed E-state index contributed by atoms with van der Waals surface area (Å²) in [5, 5.41) is 16.9. The molecule has 0 radical (unpaired) electrons. The normalized spacial score (nSPS) is 24.8. The Morgan fingerprint density at radius 1 is 1.47 bits per heavy atom. The molecule has 0 aliphatic heterocycles. The molecule has 4 N–H and O–H groups in total. The standard InChI is InChI=1S/C12H22N4O/c1-16-7-11(13)12(15-16)14-6-9-4-2-3-5-10(9)8-17/h7,9-10,17H,2-6,8,13H2,1H3,(H,14,15). The SMILES string of the molecule is Cn1cc(N)c(NCC2CCCCC2CO)n1. The van der Waals surface area contributed by atoms with Crippen molar-refractivity contribution in [1.82, 2.24) is 9.78 Å². The lowest BCUT2D eigenvalue weighted by Crippen LogP contribution is -2.28. The van der Waals surface area contributed by atoms with Gasteiger partial charge in [-0.2, -0.15) is 5.10 Å².